The van der Waals surface area contributed by atoms with Gasteiger partial charge in [-0.25, -0.2) is 0 Å². The summed E-state index contributed by atoms with van der Waals surface area (Å²) >= 11 is 5.99. The number of carbonyl (C=O) groups excluding carboxylic acids is 1. The number of likely N-dealkylation sites (tertiary alicyclic amines) is 1. The van der Waals surface area contributed by atoms with Crippen LogP contribution in [-0.2, 0) is 10.2 Å². The fourth-order valence-corrected chi connectivity index (χ4v) is 3.87. The van der Waals surface area contributed by atoms with Gasteiger partial charge in [0, 0.05) is 18.1 Å². The minimum atomic E-state index is -0.286. The van der Waals surface area contributed by atoms with Crippen molar-refractivity contribution >= 4 is 23.6 Å². The van der Waals surface area contributed by atoms with Crippen LogP contribution in [0.3, 0.4) is 0 Å². The number of piperidine rings is 1. The average Bonchev–Trinajstić information content (AvgIpc) is 3.45. The van der Waals surface area contributed by atoms with E-state index in [4.69, 9.17) is 11.6 Å². The normalized spacial score (nSPS) is 18.8. The summed E-state index contributed by atoms with van der Waals surface area (Å²) in [6.45, 7) is 1.65. The molecule has 0 atom stereocenters. The highest BCUT2D eigenvalue weighted by molar-refractivity contribution is 6.30. The van der Waals surface area contributed by atoms with Crippen LogP contribution in [0.5, 0.6) is 0 Å². The van der Waals surface area contributed by atoms with Crippen molar-refractivity contribution in [2.75, 3.05) is 13.1 Å². The molecule has 0 aromatic heterocycles. The van der Waals surface area contributed by atoms with Crippen LogP contribution in [0.1, 0.15) is 36.8 Å². The van der Waals surface area contributed by atoms with Gasteiger partial charge in [-0.05, 0) is 48.9 Å². The molecule has 2 aromatic carbocycles. The first kappa shape index (κ1) is 16.4. The molecule has 2 nitrogen and oxygen atoms in total. The van der Waals surface area contributed by atoms with E-state index in [9.17, 15) is 4.79 Å². The number of rotatable bonds is 3. The Morgan fingerprint density at radius 1 is 0.960 bits per heavy atom. The van der Waals surface area contributed by atoms with Crippen LogP contribution in [0.4, 0.5) is 0 Å². The van der Waals surface area contributed by atoms with Crippen molar-refractivity contribution < 1.29 is 4.79 Å². The zero-order chi connectivity index (χ0) is 17.3. The van der Waals surface area contributed by atoms with E-state index >= 15 is 0 Å². The molecule has 2 aliphatic rings. The summed E-state index contributed by atoms with van der Waals surface area (Å²) in [5, 5.41) is 0.723. The lowest BCUT2D eigenvalue weighted by molar-refractivity contribution is -0.134. The topological polar surface area (TPSA) is 20.3 Å². The Morgan fingerprint density at radius 2 is 1.60 bits per heavy atom. The van der Waals surface area contributed by atoms with Gasteiger partial charge in [0.1, 0.15) is 0 Å². The number of hydrogen-bond acceptors (Lipinski definition) is 1. The molecule has 1 heterocycles. The largest absolute Gasteiger partial charge is 0.341 e. The molecule has 0 unspecified atom stereocenters. The zero-order valence-corrected chi connectivity index (χ0v) is 15.0. The van der Waals surface area contributed by atoms with Crippen molar-refractivity contribution in [3.05, 3.63) is 76.3 Å². The van der Waals surface area contributed by atoms with Crippen molar-refractivity contribution in [2.45, 2.75) is 31.1 Å². The Balaban J connectivity index is 1.43. The predicted octanol–water partition coefficient (Wildman–Crippen LogP) is 5.08. The lowest BCUT2D eigenvalue weighted by Gasteiger charge is -2.32. The summed E-state index contributed by atoms with van der Waals surface area (Å²) in [4.78, 5) is 15.2. The number of amides is 1. The molecule has 1 aliphatic heterocycles. The number of halogens is 1. The molecule has 2 fully saturated rings. The van der Waals surface area contributed by atoms with E-state index in [0.717, 1.165) is 49.4 Å². The Bertz CT molecular complexity index is 781. The molecule has 0 radical (unpaired) electrons. The van der Waals surface area contributed by atoms with Gasteiger partial charge >= 0.3 is 0 Å². The molecule has 3 heteroatoms. The summed E-state index contributed by atoms with van der Waals surface area (Å²) in [7, 11) is 0. The molecular weight excluding hydrogens is 330 g/mol. The van der Waals surface area contributed by atoms with Crippen molar-refractivity contribution in [2.24, 2.45) is 0 Å². The summed E-state index contributed by atoms with van der Waals surface area (Å²) in [6, 6.07) is 18.2. The van der Waals surface area contributed by atoms with E-state index in [0.29, 0.717) is 5.91 Å². The van der Waals surface area contributed by atoms with Crippen LogP contribution in [0.15, 0.2) is 60.2 Å². The summed E-state index contributed by atoms with van der Waals surface area (Å²) in [5.74, 6) is 0.300. The van der Waals surface area contributed by atoms with Crippen molar-refractivity contribution in [3.63, 3.8) is 0 Å². The predicted molar refractivity (Wildman–Crippen MR) is 103 cm³/mol. The molecule has 0 N–H and O–H groups in total. The highest BCUT2D eigenvalue weighted by Crippen LogP contribution is 2.50. The van der Waals surface area contributed by atoms with Crippen molar-refractivity contribution in [1.82, 2.24) is 4.90 Å². The van der Waals surface area contributed by atoms with Gasteiger partial charge < -0.3 is 4.90 Å². The molecule has 1 saturated heterocycles. The van der Waals surface area contributed by atoms with E-state index < -0.39 is 0 Å². The zero-order valence-electron chi connectivity index (χ0n) is 14.2. The Labute approximate surface area is 154 Å². The molecule has 1 amide bonds. The summed E-state index contributed by atoms with van der Waals surface area (Å²) in [5.41, 5.74) is 3.52. The molecule has 1 aliphatic carbocycles. The second-order valence-corrected chi connectivity index (χ2v) is 7.53. The van der Waals surface area contributed by atoms with Gasteiger partial charge in [-0.2, -0.15) is 0 Å². The smallest absolute Gasteiger partial charge is 0.233 e. The highest BCUT2D eigenvalue weighted by Gasteiger charge is 2.53. The van der Waals surface area contributed by atoms with E-state index in [1.165, 1.54) is 11.1 Å². The maximum atomic E-state index is 13.1. The van der Waals surface area contributed by atoms with Crippen LogP contribution >= 0.6 is 11.6 Å². The molecule has 128 valence electrons. The fraction of sp³-hybridized carbons (Fsp3) is 0.318. The summed E-state index contributed by atoms with van der Waals surface area (Å²) in [6.07, 6.45) is 6.12. The monoisotopic (exact) mass is 351 g/mol. The molecule has 0 spiro atoms. The molecule has 0 bridgehead atoms. The standard InChI is InChI=1S/C22H22ClNO/c23-20-8-6-19(7-9-20)22(12-13-22)21(25)24-14-10-18(11-15-24)16-17-4-2-1-3-5-17/h1-9,16H,10-15H2. The van der Waals surface area contributed by atoms with Crippen LogP contribution in [0.25, 0.3) is 6.08 Å². The van der Waals surface area contributed by atoms with Gasteiger partial charge in [0.2, 0.25) is 5.91 Å². The third-order valence-electron chi connectivity index (χ3n) is 5.42. The minimum absolute atomic E-state index is 0.286. The lowest BCUT2D eigenvalue weighted by atomic mass is 9.92. The minimum Gasteiger partial charge on any atom is -0.341 e. The average molecular weight is 352 g/mol. The van der Waals surface area contributed by atoms with Crippen LogP contribution in [-0.4, -0.2) is 23.9 Å². The van der Waals surface area contributed by atoms with Crippen LogP contribution < -0.4 is 0 Å². The van der Waals surface area contributed by atoms with Gasteiger partial charge in [-0.3, -0.25) is 4.79 Å². The van der Waals surface area contributed by atoms with Crippen molar-refractivity contribution in [3.8, 4) is 0 Å². The van der Waals surface area contributed by atoms with Crippen molar-refractivity contribution in [1.29, 1.82) is 0 Å². The van der Waals surface area contributed by atoms with E-state index in [2.05, 4.69) is 35.2 Å². The first-order valence-electron chi connectivity index (χ1n) is 8.97. The SMILES string of the molecule is O=C(N1CCC(=Cc2ccccc2)CC1)C1(c2ccc(Cl)cc2)CC1. The number of nitrogens with zero attached hydrogens (tertiary/aromatic N) is 1. The maximum Gasteiger partial charge on any atom is 0.233 e. The first-order valence-corrected chi connectivity index (χ1v) is 9.35. The third kappa shape index (κ3) is 3.36. The van der Waals surface area contributed by atoms with E-state index in [-0.39, 0.29) is 5.41 Å². The maximum absolute atomic E-state index is 13.1. The Hall–Kier alpha value is -2.06. The molecule has 25 heavy (non-hydrogen) atoms. The molecule has 4 rings (SSSR count). The first-order chi connectivity index (χ1) is 12.2. The van der Waals surface area contributed by atoms with Gasteiger partial charge in [0.15, 0.2) is 0 Å². The molecule has 1 saturated carbocycles. The highest BCUT2D eigenvalue weighted by atomic mass is 35.5. The van der Waals surface area contributed by atoms with Gasteiger partial charge in [0.25, 0.3) is 0 Å². The van der Waals surface area contributed by atoms with Gasteiger partial charge in [-0.1, -0.05) is 65.7 Å². The fourth-order valence-electron chi connectivity index (χ4n) is 3.75. The Morgan fingerprint density at radius 3 is 2.20 bits per heavy atom. The van der Waals surface area contributed by atoms with Crippen LogP contribution in [0.2, 0.25) is 5.02 Å². The second kappa shape index (κ2) is 6.68. The Kier molecular flexibility index (Phi) is 4.39. The number of hydrogen-bond donors (Lipinski definition) is 0. The summed E-state index contributed by atoms with van der Waals surface area (Å²) < 4.78 is 0. The van der Waals surface area contributed by atoms with Gasteiger partial charge in [-0.15, -0.1) is 0 Å². The molecular formula is C22H22ClNO. The van der Waals surface area contributed by atoms with Crippen LogP contribution in [0, 0.1) is 0 Å². The molecule has 2 aromatic rings. The second-order valence-electron chi connectivity index (χ2n) is 7.09. The lowest BCUT2D eigenvalue weighted by Crippen LogP contribution is -2.42. The van der Waals surface area contributed by atoms with Gasteiger partial charge in [0.05, 0.1) is 5.41 Å². The van der Waals surface area contributed by atoms with E-state index in [1.807, 2.05) is 30.3 Å². The van der Waals surface area contributed by atoms with E-state index in [1.54, 1.807) is 0 Å². The number of carbonyl (C=O) groups is 1. The number of benzene rings is 2. The quantitative estimate of drug-likeness (QED) is 0.755. The third-order valence-corrected chi connectivity index (χ3v) is 5.67.